The van der Waals surface area contributed by atoms with E-state index in [9.17, 15) is 0 Å². The molecule has 4 heterocycles. The van der Waals surface area contributed by atoms with Crippen molar-refractivity contribution in [2.24, 2.45) is 0 Å². The fourth-order valence-corrected chi connectivity index (χ4v) is 11.4. The Kier molecular flexibility index (Phi) is 6.49. The Balaban J connectivity index is 0.000000172. The summed E-state index contributed by atoms with van der Waals surface area (Å²) in [4.78, 5) is 8.37. The van der Waals surface area contributed by atoms with Gasteiger partial charge in [-0.05, 0) is 35.4 Å². The number of rotatable bonds is 1. The molecule has 0 unspecified atom stereocenters. The van der Waals surface area contributed by atoms with Crippen LogP contribution in [0.1, 0.15) is 0 Å². The summed E-state index contributed by atoms with van der Waals surface area (Å²) in [6, 6.07) is 49.6. The van der Waals surface area contributed by atoms with Crippen molar-refractivity contribution in [1.82, 2.24) is 9.97 Å². The zero-order chi connectivity index (χ0) is 24.7. The van der Waals surface area contributed by atoms with Gasteiger partial charge in [-0.2, -0.15) is 46.8 Å². The predicted octanol–water partition coefficient (Wildman–Crippen LogP) is 4.77. The predicted molar refractivity (Wildman–Crippen MR) is 153 cm³/mol. The molecule has 0 saturated heterocycles. The van der Waals surface area contributed by atoms with Gasteiger partial charge in [-0.3, -0.25) is 9.97 Å². The molecular weight excluding hydrogens is 660 g/mol. The summed E-state index contributed by atoms with van der Waals surface area (Å²) in [7, 11) is -2.21. The number of nitrogens with zero attached hydrogens (tertiary/aromatic N) is 2. The Labute approximate surface area is 238 Å². The van der Waals surface area contributed by atoms with Gasteiger partial charge in [0.05, 0.1) is 19.5 Å². The minimum absolute atomic E-state index is 0. The molecular formula is C34H22N2PtSi. The molecule has 2 aliphatic heterocycles. The molecule has 2 aromatic heterocycles. The zero-order valence-corrected chi connectivity index (χ0v) is 23.7. The molecule has 8 rings (SSSR count). The van der Waals surface area contributed by atoms with Gasteiger partial charge in [0.15, 0.2) is 0 Å². The first kappa shape index (κ1) is 24.4. The van der Waals surface area contributed by atoms with Crippen LogP contribution >= 0.6 is 0 Å². The number of aromatic nitrogens is 2. The summed E-state index contributed by atoms with van der Waals surface area (Å²) in [6.45, 7) is 0. The van der Waals surface area contributed by atoms with E-state index in [4.69, 9.17) is 0 Å². The molecule has 0 aliphatic carbocycles. The van der Waals surface area contributed by atoms with Crippen LogP contribution in [0.3, 0.4) is 0 Å². The molecule has 0 fully saturated rings. The van der Waals surface area contributed by atoms with E-state index in [0.717, 1.165) is 11.4 Å². The third-order valence-corrected chi connectivity index (χ3v) is 12.3. The molecule has 0 bridgehead atoms. The van der Waals surface area contributed by atoms with Crippen molar-refractivity contribution in [3.8, 4) is 33.6 Å². The van der Waals surface area contributed by atoms with E-state index in [1.54, 1.807) is 12.4 Å². The third-order valence-electron chi connectivity index (χ3n) is 7.31. The van der Waals surface area contributed by atoms with Crippen LogP contribution in [0.2, 0.25) is 0 Å². The van der Waals surface area contributed by atoms with E-state index in [-0.39, 0.29) is 21.1 Å². The van der Waals surface area contributed by atoms with E-state index in [0.29, 0.717) is 0 Å². The van der Waals surface area contributed by atoms with Gasteiger partial charge < -0.3 is 0 Å². The summed E-state index contributed by atoms with van der Waals surface area (Å²) in [6.07, 6.45) is 3.54. The van der Waals surface area contributed by atoms with Gasteiger partial charge in [-0.25, -0.2) is 11.1 Å². The normalized spacial score (nSPS) is 12.7. The first-order valence-electron chi connectivity index (χ1n) is 12.4. The van der Waals surface area contributed by atoms with E-state index in [1.807, 2.05) is 48.5 Å². The average Bonchev–Trinajstić information content (AvgIpc) is 3.46. The summed E-state index contributed by atoms with van der Waals surface area (Å²) >= 11 is 0. The van der Waals surface area contributed by atoms with Gasteiger partial charge in [0, 0.05) is 12.4 Å². The average molecular weight is 682 g/mol. The largest absolute Gasteiger partial charge is 2.00 e. The van der Waals surface area contributed by atoms with Gasteiger partial charge >= 0.3 is 21.1 Å². The Morgan fingerprint density at radius 3 is 1.32 bits per heavy atom. The molecule has 2 nitrogen and oxygen atoms in total. The van der Waals surface area contributed by atoms with Crippen LogP contribution in [0.25, 0.3) is 33.6 Å². The molecule has 1 spiro atoms. The molecule has 4 heteroatoms. The van der Waals surface area contributed by atoms with Gasteiger partial charge in [0.25, 0.3) is 0 Å². The first-order valence-corrected chi connectivity index (χ1v) is 14.4. The maximum atomic E-state index is 4.19. The third kappa shape index (κ3) is 3.66. The molecule has 2 aliphatic rings. The SMILES string of the molecule is [Pt+2].[c-]1cccc2c1-c1[c-]cccc1[Si]21c2ccccc2-c2ccccc21.c1ccc(-c2ccccn2)nc1. The van der Waals surface area contributed by atoms with E-state index in [1.165, 1.54) is 43.0 Å². The van der Waals surface area contributed by atoms with Crippen molar-refractivity contribution in [3.05, 3.63) is 146 Å². The zero-order valence-electron chi connectivity index (χ0n) is 20.4. The van der Waals surface area contributed by atoms with Gasteiger partial charge in [0.1, 0.15) is 0 Å². The molecule has 0 saturated carbocycles. The van der Waals surface area contributed by atoms with Crippen molar-refractivity contribution in [2.45, 2.75) is 0 Å². The second kappa shape index (κ2) is 10.1. The van der Waals surface area contributed by atoms with Crippen LogP contribution in [0, 0.1) is 12.1 Å². The van der Waals surface area contributed by atoms with Crippen LogP contribution < -0.4 is 20.7 Å². The van der Waals surface area contributed by atoms with Crippen molar-refractivity contribution >= 4 is 28.8 Å². The van der Waals surface area contributed by atoms with Crippen LogP contribution in [0.15, 0.2) is 134 Å². The molecule has 182 valence electrons. The molecule has 0 radical (unpaired) electrons. The number of benzene rings is 4. The Morgan fingerprint density at radius 2 is 0.868 bits per heavy atom. The smallest absolute Gasteiger partial charge is 0.255 e. The molecule has 0 N–H and O–H groups in total. The van der Waals surface area contributed by atoms with Crippen molar-refractivity contribution in [1.29, 1.82) is 0 Å². The van der Waals surface area contributed by atoms with Gasteiger partial charge in [-0.1, -0.05) is 71.0 Å². The van der Waals surface area contributed by atoms with Gasteiger partial charge in [-0.15, -0.1) is 12.1 Å². The standard InChI is InChI=1S/C24H14Si.C10H8N2.Pt/c1-5-13-21-17(9-1)18-10-2-6-14-22(18)25(21)23-15-7-3-11-19(23)20-12-4-8-16-24(20)25;1-3-7-11-9(5-1)10-6-2-4-8-12-10;/h1-10,13-16H;1-8H;/q-2;;+2. The molecule has 0 amide bonds. The summed E-state index contributed by atoms with van der Waals surface area (Å²) in [5.74, 6) is 0. The Morgan fingerprint density at radius 1 is 0.447 bits per heavy atom. The Hall–Kier alpha value is -3.91. The molecule has 6 aromatic rings. The van der Waals surface area contributed by atoms with E-state index >= 15 is 0 Å². The minimum atomic E-state index is -2.21. The fraction of sp³-hybridized carbons (Fsp3) is 0. The van der Waals surface area contributed by atoms with Crippen LogP contribution in [0.4, 0.5) is 0 Å². The minimum Gasteiger partial charge on any atom is -0.255 e. The molecule has 4 aromatic carbocycles. The number of pyridine rings is 2. The maximum absolute atomic E-state index is 4.19. The van der Waals surface area contributed by atoms with E-state index < -0.39 is 8.07 Å². The fourth-order valence-electron chi connectivity index (χ4n) is 5.90. The first-order chi connectivity index (χ1) is 18.4. The van der Waals surface area contributed by atoms with Crippen LogP contribution in [-0.4, -0.2) is 18.0 Å². The van der Waals surface area contributed by atoms with Crippen LogP contribution in [-0.2, 0) is 21.1 Å². The van der Waals surface area contributed by atoms with Gasteiger partial charge in [0.2, 0.25) is 0 Å². The molecule has 38 heavy (non-hydrogen) atoms. The van der Waals surface area contributed by atoms with E-state index in [2.05, 4.69) is 94.9 Å². The summed E-state index contributed by atoms with van der Waals surface area (Å²) in [5.41, 5.74) is 7.12. The van der Waals surface area contributed by atoms with Crippen LogP contribution in [0.5, 0.6) is 0 Å². The monoisotopic (exact) mass is 681 g/mol. The molecule has 0 atom stereocenters. The maximum Gasteiger partial charge on any atom is 2.00 e. The van der Waals surface area contributed by atoms with Crippen molar-refractivity contribution in [3.63, 3.8) is 0 Å². The Bertz CT molecular complexity index is 1510. The number of hydrogen-bond donors (Lipinski definition) is 0. The topological polar surface area (TPSA) is 25.8 Å². The number of hydrogen-bond acceptors (Lipinski definition) is 2. The second-order valence-electron chi connectivity index (χ2n) is 9.19. The summed E-state index contributed by atoms with van der Waals surface area (Å²) in [5, 5.41) is 5.94. The van der Waals surface area contributed by atoms with Crippen molar-refractivity contribution < 1.29 is 21.1 Å². The van der Waals surface area contributed by atoms with Crippen molar-refractivity contribution in [2.75, 3.05) is 0 Å². The number of fused-ring (bicyclic) bond motifs is 10. The quantitative estimate of drug-likeness (QED) is 0.185. The second-order valence-corrected chi connectivity index (χ2v) is 12.8. The summed E-state index contributed by atoms with van der Waals surface area (Å²) < 4.78 is 0.